The molecule has 0 spiro atoms. The van der Waals surface area contributed by atoms with Crippen LogP contribution >= 0.6 is 35.6 Å². The van der Waals surface area contributed by atoms with Gasteiger partial charge < -0.3 is 14.7 Å². The van der Waals surface area contributed by atoms with Crippen LogP contribution in [-0.4, -0.2) is 60.2 Å². The molecule has 1 N–H and O–H groups in total. The van der Waals surface area contributed by atoms with Crippen molar-refractivity contribution in [3.05, 3.63) is 51.9 Å². The van der Waals surface area contributed by atoms with E-state index in [9.17, 15) is 0 Å². The van der Waals surface area contributed by atoms with Crippen LogP contribution in [0.2, 0.25) is 5.02 Å². The summed E-state index contributed by atoms with van der Waals surface area (Å²) < 4.78 is 5.25. The number of nitrogens with zero attached hydrogens (tertiary/aromatic N) is 4. The van der Waals surface area contributed by atoms with Gasteiger partial charge in [-0.05, 0) is 44.9 Å². The molecule has 1 fully saturated rings. The highest BCUT2D eigenvalue weighted by Gasteiger charge is 2.19. The summed E-state index contributed by atoms with van der Waals surface area (Å²) in [7, 11) is 0. The van der Waals surface area contributed by atoms with Crippen molar-refractivity contribution in [1.29, 1.82) is 0 Å². The summed E-state index contributed by atoms with van der Waals surface area (Å²) >= 11 is 5.98. The molecule has 0 atom stereocenters. The molecule has 0 bridgehead atoms. The number of halogens is 2. The summed E-state index contributed by atoms with van der Waals surface area (Å²) in [5.41, 5.74) is 3.44. The number of benzene rings is 1. The molecule has 0 saturated carbocycles. The van der Waals surface area contributed by atoms with Crippen LogP contribution in [0, 0.1) is 13.8 Å². The molecule has 2 heterocycles. The molecule has 0 amide bonds. The maximum absolute atomic E-state index is 5.98. The van der Waals surface area contributed by atoms with Gasteiger partial charge in [0.15, 0.2) is 5.96 Å². The second kappa shape index (κ2) is 11.8. The predicted octanol–water partition coefficient (Wildman–Crippen LogP) is 3.89. The molecule has 0 aliphatic carbocycles. The average molecular weight is 532 g/mol. The van der Waals surface area contributed by atoms with Crippen LogP contribution < -0.4 is 5.32 Å². The lowest BCUT2D eigenvalue weighted by molar-refractivity contribution is 0.172. The first-order valence-electron chi connectivity index (χ1n) is 9.98. The van der Waals surface area contributed by atoms with Crippen LogP contribution in [0.25, 0.3) is 0 Å². The Kier molecular flexibility index (Phi) is 9.71. The molecule has 29 heavy (non-hydrogen) atoms. The summed E-state index contributed by atoms with van der Waals surface area (Å²) in [5.74, 6) is 1.90. The lowest BCUT2D eigenvalue weighted by Gasteiger charge is -2.36. The van der Waals surface area contributed by atoms with Crippen molar-refractivity contribution in [2.24, 2.45) is 4.99 Å². The molecule has 1 aromatic heterocycles. The highest BCUT2D eigenvalue weighted by Crippen LogP contribution is 2.14. The summed E-state index contributed by atoms with van der Waals surface area (Å²) in [6, 6.07) is 8.13. The number of nitrogens with one attached hydrogen (secondary N) is 1. The van der Waals surface area contributed by atoms with Gasteiger partial charge in [-0.3, -0.25) is 9.89 Å². The van der Waals surface area contributed by atoms with E-state index >= 15 is 0 Å². The van der Waals surface area contributed by atoms with Gasteiger partial charge >= 0.3 is 0 Å². The molecule has 6 nitrogen and oxygen atoms in total. The summed E-state index contributed by atoms with van der Waals surface area (Å²) in [6.07, 6.45) is 0.854. The van der Waals surface area contributed by atoms with Crippen LogP contribution in [0.5, 0.6) is 0 Å². The second-order valence-electron chi connectivity index (χ2n) is 7.18. The third-order valence-corrected chi connectivity index (χ3v) is 5.38. The van der Waals surface area contributed by atoms with Crippen LogP contribution in [-0.2, 0) is 13.0 Å². The monoisotopic (exact) mass is 531 g/mol. The van der Waals surface area contributed by atoms with E-state index < -0.39 is 0 Å². The standard InChI is InChI=1S/C21H30ClN5O.HI/c1-4-23-21(24-10-9-20-16(2)25-28-17(20)3)27-13-11-26(12-14-27)15-18-5-7-19(22)8-6-18;/h5-8H,4,9-15H2,1-3H3,(H,23,24);1H. The number of rotatable bonds is 6. The maximum atomic E-state index is 5.98. The minimum absolute atomic E-state index is 0. The molecular formula is C21H31ClIN5O. The molecular weight excluding hydrogens is 501 g/mol. The van der Waals surface area contributed by atoms with E-state index in [-0.39, 0.29) is 24.0 Å². The molecule has 1 saturated heterocycles. The molecule has 2 aromatic rings. The maximum Gasteiger partial charge on any atom is 0.194 e. The fourth-order valence-electron chi connectivity index (χ4n) is 3.52. The highest BCUT2D eigenvalue weighted by molar-refractivity contribution is 14.0. The normalized spacial score (nSPS) is 15.3. The Labute approximate surface area is 195 Å². The van der Waals surface area contributed by atoms with Crippen molar-refractivity contribution in [2.45, 2.75) is 33.7 Å². The number of guanidine groups is 1. The predicted molar refractivity (Wildman–Crippen MR) is 129 cm³/mol. The fraction of sp³-hybridized carbons (Fsp3) is 0.524. The minimum atomic E-state index is 0. The largest absolute Gasteiger partial charge is 0.361 e. The third-order valence-electron chi connectivity index (χ3n) is 5.13. The van der Waals surface area contributed by atoms with Crippen molar-refractivity contribution >= 4 is 41.5 Å². The first kappa shape index (κ1) is 24.0. The molecule has 0 unspecified atom stereocenters. The average Bonchev–Trinajstić information content (AvgIpc) is 3.02. The van der Waals surface area contributed by atoms with Gasteiger partial charge in [0.05, 0.1) is 5.69 Å². The van der Waals surface area contributed by atoms with Crippen molar-refractivity contribution in [3.63, 3.8) is 0 Å². The molecule has 3 rings (SSSR count). The van der Waals surface area contributed by atoms with Gasteiger partial charge in [-0.25, -0.2) is 0 Å². The van der Waals surface area contributed by atoms with E-state index in [2.05, 4.69) is 39.3 Å². The van der Waals surface area contributed by atoms with Gasteiger partial charge in [0.2, 0.25) is 0 Å². The van der Waals surface area contributed by atoms with Crippen LogP contribution in [0.15, 0.2) is 33.8 Å². The Morgan fingerprint density at radius 1 is 1.17 bits per heavy atom. The number of aromatic nitrogens is 1. The van der Waals surface area contributed by atoms with Gasteiger partial charge in [0.1, 0.15) is 5.76 Å². The quantitative estimate of drug-likeness (QED) is 0.348. The zero-order valence-electron chi connectivity index (χ0n) is 17.4. The third kappa shape index (κ3) is 6.86. The minimum Gasteiger partial charge on any atom is -0.361 e. The molecule has 160 valence electrons. The van der Waals surface area contributed by atoms with Crippen molar-refractivity contribution < 1.29 is 4.52 Å². The van der Waals surface area contributed by atoms with E-state index in [1.807, 2.05) is 26.0 Å². The summed E-state index contributed by atoms with van der Waals surface area (Å²) in [5, 5.41) is 8.25. The topological polar surface area (TPSA) is 56.9 Å². The fourth-order valence-corrected chi connectivity index (χ4v) is 3.65. The first-order valence-corrected chi connectivity index (χ1v) is 10.4. The van der Waals surface area contributed by atoms with E-state index in [0.29, 0.717) is 0 Å². The van der Waals surface area contributed by atoms with E-state index in [1.54, 1.807) is 0 Å². The summed E-state index contributed by atoms with van der Waals surface area (Å²) in [4.78, 5) is 9.68. The van der Waals surface area contributed by atoms with E-state index in [0.717, 1.165) is 74.7 Å². The van der Waals surface area contributed by atoms with E-state index in [1.165, 1.54) is 11.1 Å². The van der Waals surface area contributed by atoms with Crippen LogP contribution in [0.4, 0.5) is 0 Å². The zero-order chi connectivity index (χ0) is 19.9. The zero-order valence-corrected chi connectivity index (χ0v) is 20.5. The van der Waals surface area contributed by atoms with E-state index in [4.69, 9.17) is 21.1 Å². The number of aliphatic imine (C=N–C) groups is 1. The highest BCUT2D eigenvalue weighted by atomic mass is 127. The Morgan fingerprint density at radius 3 is 2.45 bits per heavy atom. The Morgan fingerprint density at radius 2 is 1.86 bits per heavy atom. The Balaban J connectivity index is 0.00000300. The van der Waals surface area contributed by atoms with Gasteiger partial charge in [-0.1, -0.05) is 28.9 Å². The van der Waals surface area contributed by atoms with Gasteiger partial charge in [-0.2, -0.15) is 0 Å². The van der Waals surface area contributed by atoms with Crippen molar-refractivity contribution in [2.75, 3.05) is 39.3 Å². The number of aryl methyl sites for hydroxylation is 2. The first-order chi connectivity index (χ1) is 13.6. The lowest BCUT2D eigenvalue weighted by Crippen LogP contribution is -2.52. The second-order valence-corrected chi connectivity index (χ2v) is 7.61. The van der Waals surface area contributed by atoms with Crippen LogP contribution in [0.1, 0.15) is 29.5 Å². The number of hydrogen-bond donors (Lipinski definition) is 1. The SMILES string of the molecule is CCNC(=NCCc1c(C)noc1C)N1CCN(Cc2ccc(Cl)cc2)CC1.I. The molecule has 0 radical (unpaired) electrons. The molecule has 1 aliphatic rings. The number of piperazine rings is 1. The van der Waals surface area contributed by atoms with Gasteiger partial charge in [0, 0.05) is 56.4 Å². The molecule has 1 aromatic carbocycles. The van der Waals surface area contributed by atoms with Crippen molar-refractivity contribution in [1.82, 2.24) is 20.3 Å². The summed E-state index contributed by atoms with van der Waals surface area (Å²) in [6.45, 7) is 12.6. The molecule has 8 heteroatoms. The Bertz CT molecular complexity index is 765. The molecule has 1 aliphatic heterocycles. The van der Waals surface area contributed by atoms with Gasteiger partial charge in [0.25, 0.3) is 0 Å². The van der Waals surface area contributed by atoms with Crippen LogP contribution in [0.3, 0.4) is 0 Å². The Hall–Kier alpha value is -1.32. The van der Waals surface area contributed by atoms with Gasteiger partial charge in [-0.15, -0.1) is 24.0 Å². The number of hydrogen-bond acceptors (Lipinski definition) is 4. The lowest BCUT2D eigenvalue weighted by atomic mass is 10.1. The van der Waals surface area contributed by atoms with Crippen molar-refractivity contribution in [3.8, 4) is 0 Å². The smallest absolute Gasteiger partial charge is 0.194 e.